The average Bonchev–Trinajstić information content (AvgIpc) is 2.79. The molecule has 7 nitrogen and oxygen atoms in total. The van der Waals surface area contributed by atoms with Crippen molar-refractivity contribution in [3.63, 3.8) is 0 Å². The van der Waals surface area contributed by atoms with Crippen LogP contribution < -0.4 is 20.3 Å². The Bertz CT molecular complexity index is 1210. The number of benzene rings is 2. The number of hydrogen-bond donors (Lipinski definition) is 2. The van der Waals surface area contributed by atoms with E-state index in [0.717, 1.165) is 28.0 Å². The van der Waals surface area contributed by atoms with Crippen molar-refractivity contribution in [2.45, 2.75) is 0 Å². The lowest BCUT2D eigenvalue weighted by atomic mass is 10.2. The summed E-state index contributed by atoms with van der Waals surface area (Å²) in [5, 5.41) is 7.28. The summed E-state index contributed by atoms with van der Waals surface area (Å²) in [4.78, 5) is 23.1. The van der Waals surface area contributed by atoms with Gasteiger partial charge in [-0.3, -0.25) is 9.88 Å². The number of anilines is 4. The highest BCUT2D eigenvalue weighted by Gasteiger charge is 2.25. The first-order valence-corrected chi connectivity index (χ1v) is 9.64. The molecule has 148 valence electrons. The maximum absolute atomic E-state index is 12.7. The van der Waals surface area contributed by atoms with Gasteiger partial charge < -0.3 is 15.4 Å². The van der Waals surface area contributed by atoms with E-state index in [1.54, 1.807) is 17.3 Å². The van der Waals surface area contributed by atoms with Crippen LogP contribution in [0.4, 0.5) is 27.7 Å². The number of para-hydroxylation sites is 1. The first-order chi connectivity index (χ1) is 14.8. The first-order valence-electron chi connectivity index (χ1n) is 9.64. The first kappa shape index (κ1) is 17.9. The lowest BCUT2D eigenvalue weighted by molar-refractivity contribution is 0.249. The summed E-state index contributed by atoms with van der Waals surface area (Å²) in [7, 11) is 0. The summed E-state index contributed by atoms with van der Waals surface area (Å²) in [6.07, 6.45) is 3.48. The summed E-state index contributed by atoms with van der Waals surface area (Å²) in [6, 6.07) is 20.9. The molecule has 2 amide bonds. The van der Waals surface area contributed by atoms with Crippen LogP contribution in [0, 0.1) is 0 Å². The summed E-state index contributed by atoms with van der Waals surface area (Å²) >= 11 is 0. The SMILES string of the molecule is O=C(Nc1ccccc1)N1CCOc2cc(Nc3ccc4ncccc4c3)cnc21. The Morgan fingerprint density at radius 3 is 2.73 bits per heavy atom. The van der Waals surface area contributed by atoms with Crippen molar-refractivity contribution in [1.29, 1.82) is 0 Å². The van der Waals surface area contributed by atoms with Gasteiger partial charge in [0.15, 0.2) is 11.6 Å². The van der Waals surface area contributed by atoms with Crippen LogP contribution in [-0.4, -0.2) is 29.2 Å². The molecule has 1 aliphatic rings. The standard InChI is InChI=1S/C23H19N5O2/c29-23(27-17-6-2-1-3-7-17)28-11-12-30-21-14-19(15-25-22(21)28)26-18-8-9-20-16(13-18)5-4-10-24-20/h1-10,13-15,26H,11-12H2,(H,27,29). The van der Waals surface area contributed by atoms with Gasteiger partial charge in [0.2, 0.25) is 0 Å². The van der Waals surface area contributed by atoms with E-state index in [0.29, 0.717) is 24.7 Å². The summed E-state index contributed by atoms with van der Waals surface area (Å²) in [5.41, 5.74) is 3.38. The fourth-order valence-electron chi connectivity index (χ4n) is 3.40. The van der Waals surface area contributed by atoms with Crippen LogP contribution in [-0.2, 0) is 0 Å². The highest BCUT2D eigenvalue weighted by molar-refractivity contribution is 6.02. The Kier molecular flexibility index (Phi) is 4.61. The van der Waals surface area contributed by atoms with Crippen LogP contribution in [0.5, 0.6) is 5.75 Å². The highest BCUT2D eigenvalue weighted by Crippen LogP contribution is 2.33. The number of nitrogens with one attached hydrogen (secondary N) is 2. The van der Waals surface area contributed by atoms with Crippen LogP contribution in [0.2, 0.25) is 0 Å². The molecule has 0 unspecified atom stereocenters. The quantitative estimate of drug-likeness (QED) is 0.519. The molecule has 0 spiro atoms. The summed E-state index contributed by atoms with van der Waals surface area (Å²) in [5.74, 6) is 1.07. The van der Waals surface area contributed by atoms with Gasteiger partial charge in [-0.05, 0) is 36.4 Å². The van der Waals surface area contributed by atoms with Crippen LogP contribution in [0.25, 0.3) is 10.9 Å². The van der Waals surface area contributed by atoms with E-state index in [9.17, 15) is 4.79 Å². The van der Waals surface area contributed by atoms with Gasteiger partial charge in [0.1, 0.15) is 6.61 Å². The van der Waals surface area contributed by atoms with Crippen molar-refractivity contribution in [3.8, 4) is 5.75 Å². The minimum absolute atomic E-state index is 0.235. The highest BCUT2D eigenvalue weighted by atomic mass is 16.5. The number of ether oxygens (including phenoxy) is 1. The van der Waals surface area contributed by atoms with Crippen LogP contribution in [0.3, 0.4) is 0 Å². The molecule has 5 rings (SSSR count). The zero-order valence-corrected chi connectivity index (χ0v) is 16.1. The molecule has 2 aromatic heterocycles. The van der Waals surface area contributed by atoms with Gasteiger partial charge in [-0.1, -0.05) is 24.3 Å². The molecule has 2 N–H and O–H groups in total. The molecule has 0 atom stereocenters. The molecule has 0 saturated heterocycles. The monoisotopic (exact) mass is 397 g/mol. The third-order valence-corrected chi connectivity index (χ3v) is 4.82. The van der Waals surface area contributed by atoms with E-state index in [1.165, 1.54) is 0 Å². The van der Waals surface area contributed by atoms with Crippen molar-refractivity contribution >= 4 is 39.8 Å². The fourth-order valence-corrected chi connectivity index (χ4v) is 3.40. The molecule has 7 heteroatoms. The van der Waals surface area contributed by atoms with E-state index in [2.05, 4.69) is 20.6 Å². The number of aromatic nitrogens is 2. The Balaban J connectivity index is 1.36. The van der Waals surface area contributed by atoms with Gasteiger partial charge in [0.05, 0.1) is 23.9 Å². The zero-order chi connectivity index (χ0) is 20.3. The number of pyridine rings is 2. The molecule has 3 heterocycles. The maximum atomic E-state index is 12.7. The number of carbonyl (C=O) groups excluding carboxylic acids is 1. The van der Waals surface area contributed by atoms with Gasteiger partial charge in [-0.2, -0.15) is 0 Å². The predicted molar refractivity (Wildman–Crippen MR) is 118 cm³/mol. The van der Waals surface area contributed by atoms with E-state index in [-0.39, 0.29) is 6.03 Å². The number of amides is 2. The zero-order valence-electron chi connectivity index (χ0n) is 16.1. The number of carbonyl (C=O) groups is 1. The molecule has 1 aliphatic heterocycles. The second kappa shape index (κ2) is 7.71. The lowest BCUT2D eigenvalue weighted by Crippen LogP contribution is -2.41. The largest absolute Gasteiger partial charge is 0.488 e. The number of urea groups is 1. The molecule has 0 saturated carbocycles. The molecule has 0 radical (unpaired) electrons. The summed E-state index contributed by atoms with van der Waals surface area (Å²) in [6.45, 7) is 0.838. The fraction of sp³-hybridized carbons (Fsp3) is 0.0870. The van der Waals surface area contributed by atoms with Gasteiger partial charge in [0.25, 0.3) is 0 Å². The molecule has 30 heavy (non-hydrogen) atoms. The van der Waals surface area contributed by atoms with Gasteiger partial charge in [-0.25, -0.2) is 9.78 Å². The number of hydrogen-bond acceptors (Lipinski definition) is 5. The second-order valence-electron chi connectivity index (χ2n) is 6.88. The van der Waals surface area contributed by atoms with E-state index < -0.39 is 0 Å². The lowest BCUT2D eigenvalue weighted by Gasteiger charge is -2.28. The Hall–Kier alpha value is -4.13. The maximum Gasteiger partial charge on any atom is 0.327 e. The minimum Gasteiger partial charge on any atom is -0.488 e. The van der Waals surface area contributed by atoms with Gasteiger partial charge in [0, 0.05) is 29.0 Å². The van der Waals surface area contributed by atoms with Gasteiger partial charge in [-0.15, -0.1) is 0 Å². The van der Waals surface area contributed by atoms with Crippen molar-refractivity contribution in [2.75, 3.05) is 28.7 Å². The van der Waals surface area contributed by atoms with Crippen LogP contribution >= 0.6 is 0 Å². The average molecular weight is 397 g/mol. The Morgan fingerprint density at radius 1 is 0.933 bits per heavy atom. The molecule has 4 aromatic rings. The van der Waals surface area contributed by atoms with Gasteiger partial charge >= 0.3 is 6.03 Å². The number of rotatable bonds is 3. The molecular weight excluding hydrogens is 378 g/mol. The minimum atomic E-state index is -0.235. The molecule has 0 aliphatic carbocycles. The van der Waals surface area contributed by atoms with Crippen molar-refractivity contribution in [1.82, 2.24) is 9.97 Å². The molecular formula is C23H19N5O2. The smallest absolute Gasteiger partial charge is 0.327 e. The Labute approximate surface area is 173 Å². The van der Waals surface area contributed by atoms with Crippen molar-refractivity contribution in [2.24, 2.45) is 0 Å². The van der Waals surface area contributed by atoms with Crippen LogP contribution in [0.15, 0.2) is 79.1 Å². The number of nitrogens with zero attached hydrogens (tertiary/aromatic N) is 3. The molecule has 2 aromatic carbocycles. The third-order valence-electron chi connectivity index (χ3n) is 4.82. The van der Waals surface area contributed by atoms with Crippen LogP contribution in [0.1, 0.15) is 0 Å². The normalized spacial score (nSPS) is 12.7. The third kappa shape index (κ3) is 3.60. The number of fused-ring (bicyclic) bond motifs is 2. The molecule has 0 fully saturated rings. The van der Waals surface area contributed by atoms with Crippen molar-refractivity contribution < 1.29 is 9.53 Å². The predicted octanol–water partition coefficient (Wildman–Crippen LogP) is 4.80. The van der Waals surface area contributed by atoms with E-state index in [4.69, 9.17) is 4.74 Å². The van der Waals surface area contributed by atoms with Crippen molar-refractivity contribution in [3.05, 3.63) is 79.1 Å². The van der Waals surface area contributed by atoms with E-state index in [1.807, 2.05) is 66.7 Å². The topological polar surface area (TPSA) is 79.4 Å². The van der Waals surface area contributed by atoms with E-state index >= 15 is 0 Å². The second-order valence-corrected chi connectivity index (χ2v) is 6.88. The molecule has 0 bridgehead atoms. The Morgan fingerprint density at radius 2 is 1.83 bits per heavy atom. The summed E-state index contributed by atoms with van der Waals surface area (Å²) < 4.78 is 5.77.